The molecule has 2 aliphatic carbocycles. The molecule has 0 aromatic heterocycles. The van der Waals surface area contributed by atoms with Crippen molar-refractivity contribution in [3.8, 4) is 0 Å². The van der Waals surface area contributed by atoms with Crippen molar-refractivity contribution in [3.63, 3.8) is 0 Å². The molecule has 14 heteroatoms. The largest absolute Gasteiger partial charge is 0.396 e. The van der Waals surface area contributed by atoms with Crippen molar-refractivity contribution in [1.82, 2.24) is 5.32 Å². The van der Waals surface area contributed by atoms with Gasteiger partial charge in [0.25, 0.3) is 0 Å². The number of hydrogen-bond donors (Lipinski definition) is 12. The molecule has 0 unspecified atom stereocenters. The fourth-order valence-electron chi connectivity index (χ4n) is 4.77. The molecule has 0 bridgehead atoms. The fraction of sp³-hybridized carbons (Fsp3) is 0.900. The SMILES string of the molecule is OCC1=C[C@@H](N[C@H]2C[C@H](CO)[C@@H](O[C@H]3O[C@@H](CO)[C@H](O)[C@@H](O)[C@@H]3O)[C@H](O)[C@H]2O)[C@H](O)[C@@H](O)[C@@H]1O. The molecule has 12 N–H and O–H groups in total. The third-order valence-electron chi connectivity index (χ3n) is 6.90. The summed E-state index contributed by atoms with van der Waals surface area (Å²) in [6.45, 7) is -1.80. The molecule has 34 heavy (non-hydrogen) atoms. The molecule has 1 aliphatic heterocycles. The molecule has 3 aliphatic rings. The third kappa shape index (κ3) is 5.30. The van der Waals surface area contributed by atoms with Crippen LogP contribution in [0.1, 0.15) is 6.42 Å². The highest BCUT2D eigenvalue weighted by Crippen LogP contribution is 2.33. The van der Waals surface area contributed by atoms with Crippen LogP contribution in [0.5, 0.6) is 0 Å². The Bertz CT molecular complexity index is 693. The monoisotopic (exact) mass is 497 g/mol. The minimum atomic E-state index is -1.75. The molecule has 0 aromatic carbocycles. The second-order valence-electron chi connectivity index (χ2n) is 9.08. The summed E-state index contributed by atoms with van der Waals surface area (Å²) in [5, 5.41) is 113. The van der Waals surface area contributed by atoms with E-state index < -0.39 is 105 Å². The van der Waals surface area contributed by atoms with Gasteiger partial charge in [0.15, 0.2) is 6.29 Å². The summed E-state index contributed by atoms with van der Waals surface area (Å²) in [5.74, 6) is -0.833. The quantitative estimate of drug-likeness (QED) is 0.146. The van der Waals surface area contributed by atoms with Crippen LogP contribution in [-0.2, 0) is 9.47 Å². The Hall–Kier alpha value is -0.820. The van der Waals surface area contributed by atoms with E-state index in [1.54, 1.807) is 0 Å². The van der Waals surface area contributed by atoms with Gasteiger partial charge >= 0.3 is 0 Å². The van der Waals surface area contributed by atoms with Crippen LogP contribution in [0.25, 0.3) is 0 Å². The first kappa shape index (κ1) is 27.8. The Labute approximate surface area is 194 Å². The van der Waals surface area contributed by atoms with Crippen molar-refractivity contribution in [2.75, 3.05) is 19.8 Å². The molecular weight excluding hydrogens is 462 g/mol. The smallest absolute Gasteiger partial charge is 0.187 e. The molecular formula is C20H35NO13. The number of nitrogens with one attached hydrogen (secondary N) is 1. The zero-order chi connectivity index (χ0) is 25.3. The fourth-order valence-corrected chi connectivity index (χ4v) is 4.77. The average molecular weight is 497 g/mol. The van der Waals surface area contributed by atoms with Crippen molar-refractivity contribution >= 4 is 0 Å². The van der Waals surface area contributed by atoms with E-state index in [1.807, 2.05) is 0 Å². The highest BCUT2D eigenvalue weighted by molar-refractivity contribution is 5.22. The lowest BCUT2D eigenvalue weighted by Gasteiger charge is -2.47. The van der Waals surface area contributed by atoms with Gasteiger partial charge in [0.1, 0.15) is 48.8 Å². The van der Waals surface area contributed by atoms with E-state index in [1.165, 1.54) is 6.08 Å². The third-order valence-corrected chi connectivity index (χ3v) is 6.90. The van der Waals surface area contributed by atoms with Gasteiger partial charge < -0.3 is 71.0 Å². The molecule has 1 saturated carbocycles. The van der Waals surface area contributed by atoms with Crippen molar-refractivity contribution in [1.29, 1.82) is 0 Å². The van der Waals surface area contributed by atoms with Crippen LogP contribution in [0.4, 0.5) is 0 Å². The lowest BCUT2D eigenvalue weighted by atomic mass is 9.78. The number of ether oxygens (including phenoxy) is 2. The summed E-state index contributed by atoms with van der Waals surface area (Å²) in [7, 11) is 0. The number of aliphatic hydroxyl groups is 11. The van der Waals surface area contributed by atoms with Gasteiger partial charge in [-0.15, -0.1) is 0 Å². The van der Waals surface area contributed by atoms with Gasteiger partial charge in [-0.1, -0.05) is 6.08 Å². The van der Waals surface area contributed by atoms with Crippen molar-refractivity contribution < 1.29 is 65.6 Å². The molecule has 0 amide bonds. The van der Waals surface area contributed by atoms with Crippen LogP contribution in [-0.4, -0.2) is 155 Å². The molecule has 14 atom stereocenters. The highest BCUT2D eigenvalue weighted by atomic mass is 16.7. The minimum Gasteiger partial charge on any atom is -0.396 e. The Balaban J connectivity index is 1.73. The van der Waals surface area contributed by atoms with E-state index in [9.17, 15) is 56.2 Å². The average Bonchev–Trinajstić information content (AvgIpc) is 2.83. The molecule has 14 nitrogen and oxygen atoms in total. The van der Waals surface area contributed by atoms with Crippen LogP contribution in [0.3, 0.4) is 0 Å². The second kappa shape index (κ2) is 11.5. The lowest BCUT2D eigenvalue weighted by Crippen LogP contribution is -2.66. The lowest BCUT2D eigenvalue weighted by molar-refractivity contribution is -0.328. The van der Waals surface area contributed by atoms with Crippen LogP contribution in [0.15, 0.2) is 11.6 Å². The van der Waals surface area contributed by atoms with Gasteiger partial charge in [0.2, 0.25) is 0 Å². The molecule has 2 fully saturated rings. The Morgan fingerprint density at radius 3 is 2.06 bits per heavy atom. The maximum atomic E-state index is 10.7. The van der Waals surface area contributed by atoms with Crippen LogP contribution < -0.4 is 5.32 Å². The number of rotatable bonds is 7. The maximum absolute atomic E-state index is 10.7. The zero-order valence-electron chi connectivity index (χ0n) is 18.2. The normalized spacial score (nSPS) is 50.1. The number of hydrogen-bond acceptors (Lipinski definition) is 14. The molecule has 1 heterocycles. The van der Waals surface area contributed by atoms with Gasteiger partial charge in [0, 0.05) is 18.6 Å². The van der Waals surface area contributed by atoms with Gasteiger partial charge in [-0.2, -0.15) is 0 Å². The summed E-state index contributed by atoms with van der Waals surface area (Å²) in [6.07, 6.45) is -15.7. The summed E-state index contributed by atoms with van der Waals surface area (Å²) in [6, 6.07) is -1.94. The standard InChI is InChI=1S/C20H35NO13/c22-3-6-1-8(12(26)15(29)11(6)25)21-9-2-7(4-23)19(17(31)13(9)27)34-20-18(32)16(30)14(28)10(5-24)33-20/h1,7-32H,2-5H2/t7-,8-,9+,10+,11-,12+,13+,14+,15+,16-,17-,18+,19-,20-/m1/s1. The Kier molecular flexibility index (Phi) is 9.38. The van der Waals surface area contributed by atoms with Crippen molar-refractivity contribution in [2.45, 2.75) is 85.8 Å². The molecule has 0 spiro atoms. The van der Waals surface area contributed by atoms with Crippen LogP contribution in [0.2, 0.25) is 0 Å². The van der Waals surface area contributed by atoms with Gasteiger partial charge in [0.05, 0.1) is 31.5 Å². The summed E-state index contributed by atoms with van der Waals surface area (Å²) in [5.41, 5.74) is 0.0590. The Morgan fingerprint density at radius 2 is 1.47 bits per heavy atom. The van der Waals surface area contributed by atoms with E-state index in [0.717, 1.165) is 0 Å². The molecule has 0 radical (unpaired) electrons. The van der Waals surface area contributed by atoms with E-state index in [4.69, 9.17) is 9.47 Å². The molecule has 3 rings (SSSR count). The van der Waals surface area contributed by atoms with Gasteiger partial charge in [-0.25, -0.2) is 0 Å². The van der Waals surface area contributed by atoms with Crippen molar-refractivity contribution in [2.24, 2.45) is 5.92 Å². The predicted octanol–water partition coefficient (Wildman–Crippen LogP) is -6.75. The molecule has 198 valence electrons. The summed E-state index contributed by atoms with van der Waals surface area (Å²) < 4.78 is 10.9. The van der Waals surface area contributed by atoms with E-state index in [2.05, 4.69) is 5.32 Å². The van der Waals surface area contributed by atoms with E-state index in [-0.39, 0.29) is 12.0 Å². The maximum Gasteiger partial charge on any atom is 0.187 e. The second-order valence-corrected chi connectivity index (χ2v) is 9.08. The molecule has 1 saturated heterocycles. The topological polar surface area (TPSA) is 253 Å². The predicted molar refractivity (Wildman–Crippen MR) is 110 cm³/mol. The first-order valence-corrected chi connectivity index (χ1v) is 11.1. The van der Waals surface area contributed by atoms with Gasteiger partial charge in [-0.05, 0) is 12.0 Å². The summed E-state index contributed by atoms with van der Waals surface area (Å²) in [4.78, 5) is 0. The zero-order valence-corrected chi connectivity index (χ0v) is 18.2. The first-order valence-electron chi connectivity index (χ1n) is 11.1. The van der Waals surface area contributed by atoms with Crippen LogP contribution in [0, 0.1) is 5.92 Å². The van der Waals surface area contributed by atoms with Crippen molar-refractivity contribution in [3.05, 3.63) is 11.6 Å². The summed E-state index contributed by atoms with van der Waals surface area (Å²) >= 11 is 0. The molecule has 0 aromatic rings. The van der Waals surface area contributed by atoms with E-state index >= 15 is 0 Å². The van der Waals surface area contributed by atoms with E-state index in [0.29, 0.717) is 0 Å². The first-order chi connectivity index (χ1) is 16.0. The number of aliphatic hydroxyl groups excluding tert-OH is 11. The minimum absolute atomic E-state index is 0.0129. The Morgan fingerprint density at radius 1 is 0.794 bits per heavy atom. The van der Waals surface area contributed by atoms with Gasteiger partial charge in [-0.3, -0.25) is 0 Å². The highest BCUT2D eigenvalue weighted by Gasteiger charge is 2.50. The van der Waals surface area contributed by atoms with Crippen LogP contribution >= 0.6 is 0 Å².